The standard InChI is InChI=1S/C24H21FN6O3/c1-14(25)24(32)30-7-6-17(13-30)31-22-16(11-26)12-28-23(27)21(22)20(29-31)5-4-15-8-18(33-2)10-19(9-15)34-3/h8-10,12,17H,1,6-7,13H2,2-3H3,(H2,27,28)/t17-/m0/s1. The monoisotopic (exact) mass is 460 g/mol. The van der Waals surface area contributed by atoms with Crippen LogP contribution in [0.5, 0.6) is 11.5 Å². The number of nitrogens with two attached hydrogens (primary N) is 1. The number of benzene rings is 1. The van der Waals surface area contributed by atoms with Gasteiger partial charge in [0, 0.05) is 30.9 Å². The molecule has 1 aliphatic rings. The lowest BCUT2D eigenvalue weighted by molar-refractivity contribution is -0.127. The van der Waals surface area contributed by atoms with Crippen LogP contribution in [0.1, 0.15) is 29.3 Å². The summed E-state index contributed by atoms with van der Waals surface area (Å²) >= 11 is 0. The first-order valence-electron chi connectivity index (χ1n) is 10.3. The van der Waals surface area contributed by atoms with E-state index in [0.717, 1.165) is 0 Å². The molecule has 4 rings (SSSR count). The number of pyridine rings is 1. The molecule has 1 amide bonds. The summed E-state index contributed by atoms with van der Waals surface area (Å²) in [5, 5.41) is 14.8. The van der Waals surface area contributed by atoms with E-state index in [2.05, 4.69) is 34.6 Å². The minimum Gasteiger partial charge on any atom is -0.497 e. The average Bonchev–Trinajstić information content (AvgIpc) is 3.48. The average molecular weight is 460 g/mol. The lowest BCUT2D eigenvalue weighted by Crippen LogP contribution is -2.29. The van der Waals surface area contributed by atoms with E-state index in [1.165, 1.54) is 11.1 Å². The Morgan fingerprint density at radius 3 is 2.59 bits per heavy atom. The number of carbonyl (C=O) groups excluding carboxylic acids is 1. The minimum atomic E-state index is -1.02. The lowest BCUT2D eigenvalue weighted by Gasteiger charge is -2.16. The number of likely N-dealkylation sites (tertiary alicyclic amines) is 1. The van der Waals surface area contributed by atoms with E-state index in [1.54, 1.807) is 37.1 Å². The van der Waals surface area contributed by atoms with Gasteiger partial charge in [-0.25, -0.2) is 9.37 Å². The number of aromatic nitrogens is 3. The zero-order chi connectivity index (χ0) is 24.4. The molecule has 9 nitrogen and oxygen atoms in total. The number of ether oxygens (including phenoxy) is 2. The zero-order valence-corrected chi connectivity index (χ0v) is 18.6. The van der Waals surface area contributed by atoms with Crippen molar-refractivity contribution in [2.24, 2.45) is 0 Å². The maximum Gasteiger partial charge on any atom is 0.282 e. The summed E-state index contributed by atoms with van der Waals surface area (Å²) in [5.74, 6) is 5.62. The van der Waals surface area contributed by atoms with E-state index >= 15 is 0 Å². The topological polar surface area (TPSA) is 119 Å². The molecular weight excluding hydrogens is 439 g/mol. The Balaban J connectivity index is 1.82. The number of methoxy groups -OCH3 is 2. The molecular formula is C24H21FN6O3. The summed E-state index contributed by atoms with van der Waals surface area (Å²) in [7, 11) is 3.09. The molecule has 0 unspecified atom stereocenters. The maximum atomic E-state index is 13.4. The number of nitrogen functional groups attached to an aromatic ring is 1. The van der Waals surface area contributed by atoms with Gasteiger partial charge in [-0.2, -0.15) is 10.4 Å². The fourth-order valence-corrected chi connectivity index (χ4v) is 3.94. The Morgan fingerprint density at radius 1 is 1.26 bits per heavy atom. The van der Waals surface area contributed by atoms with Crippen molar-refractivity contribution in [1.82, 2.24) is 19.7 Å². The van der Waals surface area contributed by atoms with Gasteiger partial charge in [-0.15, -0.1) is 0 Å². The van der Waals surface area contributed by atoms with Crippen LogP contribution in [0.15, 0.2) is 36.8 Å². The molecule has 10 heteroatoms. The van der Waals surface area contributed by atoms with E-state index < -0.39 is 11.7 Å². The highest BCUT2D eigenvalue weighted by molar-refractivity contribution is 5.96. The van der Waals surface area contributed by atoms with Crippen LogP contribution in [0.25, 0.3) is 10.9 Å². The molecule has 1 fully saturated rings. The van der Waals surface area contributed by atoms with Crippen molar-refractivity contribution in [3.63, 3.8) is 0 Å². The van der Waals surface area contributed by atoms with Crippen LogP contribution in [0, 0.1) is 23.2 Å². The molecule has 1 aromatic carbocycles. The predicted octanol–water partition coefficient (Wildman–Crippen LogP) is 2.56. The summed E-state index contributed by atoms with van der Waals surface area (Å²) in [4.78, 5) is 17.5. The van der Waals surface area contributed by atoms with Gasteiger partial charge in [0.05, 0.1) is 36.7 Å². The van der Waals surface area contributed by atoms with Gasteiger partial charge in [0.2, 0.25) is 0 Å². The molecule has 34 heavy (non-hydrogen) atoms. The van der Waals surface area contributed by atoms with Crippen molar-refractivity contribution >= 4 is 22.6 Å². The number of rotatable bonds is 4. The number of anilines is 1. The predicted molar refractivity (Wildman–Crippen MR) is 123 cm³/mol. The molecule has 0 radical (unpaired) electrons. The van der Waals surface area contributed by atoms with Crippen LogP contribution < -0.4 is 15.2 Å². The van der Waals surface area contributed by atoms with Gasteiger partial charge >= 0.3 is 0 Å². The minimum absolute atomic E-state index is 0.177. The first-order valence-corrected chi connectivity index (χ1v) is 10.3. The van der Waals surface area contributed by atoms with Crippen molar-refractivity contribution in [2.75, 3.05) is 33.0 Å². The number of nitriles is 1. The first kappa shape index (κ1) is 22.6. The Bertz CT molecular complexity index is 1390. The number of halogens is 1. The smallest absolute Gasteiger partial charge is 0.282 e. The maximum absolute atomic E-state index is 13.4. The Labute approximate surface area is 195 Å². The van der Waals surface area contributed by atoms with Crippen molar-refractivity contribution in [2.45, 2.75) is 12.5 Å². The fourth-order valence-electron chi connectivity index (χ4n) is 3.94. The van der Waals surface area contributed by atoms with Crippen molar-refractivity contribution in [3.8, 4) is 29.4 Å². The fraction of sp³-hybridized carbons (Fsp3) is 0.250. The summed E-state index contributed by atoms with van der Waals surface area (Å²) in [6, 6.07) is 7.05. The van der Waals surface area contributed by atoms with Crippen LogP contribution >= 0.6 is 0 Å². The molecule has 0 spiro atoms. The number of fused-ring (bicyclic) bond motifs is 1. The number of hydrogen-bond acceptors (Lipinski definition) is 7. The van der Waals surface area contributed by atoms with Gasteiger partial charge in [-0.3, -0.25) is 9.48 Å². The molecule has 0 bridgehead atoms. The molecule has 1 atom stereocenters. The number of amides is 1. The van der Waals surface area contributed by atoms with E-state index in [9.17, 15) is 14.4 Å². The molecule has 1 saturated heterocycles. The Kier molecular flexibility index (Phi) is 6.07. The Morgan fingerprint density at radius 2 is 1.97 bits per heavy atom. The van der Waals surface area contributed by atoms with Gasteiger partial charge in [0.25, 0.3) is 5.91 Å². The molecule has 0 aliphatic carbocycles. The number of carbonyl (C=O) groups is 1. The van der Waals surface area contributed by atoms with Crippen molar-refractivity contribution in [3.05, 3.63) is 53.6 Å². The molecule has 3 aromatic rings. The molecule has 172 valence electrons. The van der Waals surface area contributed by atoms with Gasteiger partial charge in [0.15, 0.2) is 5.83 Å². The molecule has 3 heterocycles. The zero-order valence-electron chi connectivity index (χ0n) is 18.6. The third-order valence-electron chi connectivity index (χ3n) is 5.58. The van der Waals surface area contributed by atoms with Crippen LogP contribution in [0.2, 0.25) is 0 Å². The van der Waals surface area contributed by atoms with Crippen LogP contribution in [-0.4, -0.2) is 52.9 Å². The van der Waals surface area contributed by atoms with E-state index in [-0.39, 0.29) is 24.0 Å². The van der Waals surface area contributed by atoms with Crippen molar-refractivity contribution < 1.29 is 18.7 Å². The highest BCUT2D eigenvalue weighted by atomic mass is 19.1. The van der Waals surface area contributed by atoms with Crippen molar-refractivity contribution in [1.29, 1.82) is 5.26 Å². The summed E-state index contributed by atoms with van der Waals surface area (Å²) in [5.41, 5.74) is 7.86. The van der Waals surface area contributed by atoms with Gasteiger partial charge in [-0.1, -0.05) is 12.5 Å². The van der Waals surface area contributed by atoms with E-state index in [0.29, 0.717) is 46.6 Å². The van der Waals surface area contributed by atoms with Crippen LogP contribution in [0.4, 0.5) is 10.2 Å². The lowest BCUT2D eigenvalue weighted by atomic mass is 10.1. The highest BCUT2D eigenvalue weighted by Crippen LogP contribution is 2.32. The highest BCUT2D eigenvalue weighted by Gasteiger charge is 2.31. The van der Waals surface area contributed by atoms with Crippen LogP contribution in [-0.2, 0) is 4.79 Å². The largest absolute Gasteiger partial charge is 0.497 e. The normalized spacial score (nSPS) is 14.9. The molecule has 1 aliphatic heterocycles. The quantitative estimate of drug-likeness (QED) is 0.469. The molecule has 2 N–H and O–H groups in total. The van der Waals surface area contributed by atoms with Gasteiger partial charge < -0.3 is 20.1 Å². The third-order valence-corrected chi connectivity index (χ3v) is 5.58. The van der Waals surface area contributed by atoms with Gasteiger partial charge in [0.1, 0.15) is 29.1 Å². The van der Waals surface area contributed by atoms with E-state index in [4.69, 9.17) is 15.2 Å². The van der Waals surface area contributed by atoms with E-state index in [1.807, 2.05) is 0 Å². The summed E-state index contributed by atoms with van der Waals surface area (Å²) < 4.78 is 25.6. The Hall–Kier alpha value is -4.57. The number of hydrogen-bond donors (Lipinski definition) is 1. The first-order chi connectivity index (χ1) is 16.4. The van der Waals surface area contributed by atoms with Gasteiger partial charge in [-0.05, 0) is 24.5 Å². The summed E-state index contributed by atoms with van der Waals surface area (Å²) in [6.45, 7) is 3.63. The third kappa shape index (κ3) is 4.09. The second-order valence-electron chi connectivity index (χ2n) is 7.64. The second kappa shape index (κ2) is 9.12. The SMILES string of the molecule is C=C(F)C(=O)N1CC[C@H](n2nc(C#Cc3cc(OC)cc(OC)c3)c3c(N)ncc(C#N)c32)C1. The molecule has 0 saturated carbocycles. The summed E-state index contributed by atoms with van der Waals surface area (Å²) in [6.07, 6.45) is 1.89. The molecule has 2 aromatic heterocycles. The number of nitrogens with zero attached hydrogens (tertiary/aromatic N) is 5. The second-order valence-corrected chi connectivity index (χ2v) is 7.64. The van der Waals surface area contributed by atoms with Crippen LogP contribution in [0.3, 0.4) is 0 Å².